The molecule has 0 atom stereocenters. The molecule has 0 unspecified atom stereocenters. The van der Waals surface area contributed by atoms with Gasteiger partial charge in [-0.25, -0.2) is 9.18 Å². The first-order valence-electron chi connectivity index (χ1n) is 7.96. The van der Waals surface area contributed by atoms with E-state index >= 15 is 0 Å². The molecule has 5 nitrogen and oxygen atoms in total. The van der Waals surface area contributed by atoms with Crippen molar-refractivity contribution in [2.24, 2.45) is 0 Å². The molecule has 1 heterocycles. The molecule has 3 rings (SSSR count). The third-order valence-corrected chi connectivity index (χ3v) is 4.26. The number of ether oxygens (including phenoxy) is 1. The van der Waals surface area contributed by atoms with Crippen LogP contribution in [0.1, 0.15) is 27.0 Å². The smallest absolute Gasteiger partial charge is 0.335 e. The molecule has 1 amide bonds. The zero-order valence-electron chi connectivity index (χ0n) is 13.8. The summed E-state index contributed by atoms with van der Waals surface area (Å²) in [6.45, 7) is 2.41. The highest BCUT2D eigenvalue weighted by Crippen LogP contribution is 2.22. The molecule has 2 aromatic carbocycles. The van der Waals surface area contributed by atoms with Crippen molar-refractivity contribution in [1.29, 1.82) is 0 Å². The number of hydrogen-bond donors (Lipinski definition) is 1. The summed E-state index contributed by atoms with van der Waals surface area (Å²) in [5.74, 6) is -1.70. The van der Waals surface area contributed by atoms with Gasteiger partial charge in [0.05, 0.1) is 5.56 Å². The standard InChI is InChI=1S/C19H18FNO4/c1-12-2-5-16(20)17(8-12)25-11-18(22)21-7-6-13-3-4-14(19(23)24)9-15(13)10-21/h2-5,8-9H,6-7,10-11H2,1H3,(H,23,24). The Morgan fingerprint density at radius 1 is 1.20 bits per heavy atom. The van der Waals surface area contributed by atoms with Crippen molar-refractivity contribution in [3.63, 3.8) is 0 Å². The van der Waals surface area contributed by atoms with Gasteiger partial charge in [-0.05, 0) is 54.3 Å². The van der Waals surface area contributed by atoms with Crippen LogP contribution in [0, 0.1) is 12.7 Å². The fraction of sp³-hybridized carbons (Fsp3) is 0.263. The molecule has 130 valence electrons. The second kappa shape index (κ2) is 6.93. The van der Waals surface area contributed by atoms with E-state index in [9.17, 15) is 14.0 Å². The Hall–Kier alpha value is -2.89. The van der Waals surface area contributed by atoms with E-state index in [0.717, 1.165) is 16.7 Å². The van der Waals surface area contributed by atoms with Gasteiger partial charge >= 0.3 is 5.97 Å². The van der Waals surface area contributed by atoms with Gasteiger partial charge in [-0.3, -0.25) is 4.79 Å². The van der Waals surface area contributed by atoms with Crippen LogP contribution >= 0.6 is 0 Å². The van der Waals surface area contributed by atoms with E-state index in [0.29, 0.717) is 19.5 Å². The van der Waals surface area contributed by atoms with Crippen LogP contribution in [0.2, 0.25) is 0 Å². The molecular weight excluding hydrogens is 325 g/mol. The fourth-order valence-electron chi connectivity index (χ4n) is 2.85. The number of carboxylic acids is 1. The molecule has 1 aliphatic rings. The van der Waals surface area contributed by atoms with Crippen LogP contribution in [0.3, 0.4) is 0 Å². The molecule has 2 aromatic rings. The Morgan fingerprint density at radius 3 is 2.76 bits per heavy atom. The Kier molecular flexibility index (Phi) is 4.70. The Balaban J connectivity index is 1.67. The van der Waals surface area contributed by atoms with Gasteiger partial charge in [-0.15, -0.1) is 0 Å². The lowest BCUT2D eigenvalue weighted by Crippen LogP contribution is -2.39. The lowest BCUT2D eigenvalue weighted by Gasteiger charge is -2.29. The molecule has 0 aromatic heterocycles. The van der Waals surface area contributed by atoms with Gasteiger partial charge < -0.3 is 14.7 Å². The van der Waals surface area contributed by atoms with Crippen molar-refractivity contribution in [3.05, 3.63) is 64.5 Å². The topological polar surface area (TPSA) is 66.8 Å². The average Bonchev–Trinajstić information content (AvgIpc) is 2.61. The summed E-state index contributed by atoms with van der Waals surface area (Å²) in [5.41, 5.74) is 2.91. The summed E-state index contributed by atoms with van der Waals surface area (Å²) in [6.07, 6.45) is 0.653. The predicted octanol–water partition coefficient (Wildman–Crippen LogP) is 2.80. The van der Waals surface area contributed by atoms with E-state index in [-0.39, 0.29) is 23.8 Å². The molecule has 25 heavy (non-hydrogen) atoms. The van der Waals surface area contributed by atoms with E-state index < -0.39 is 11.8 Å². The quantitative estimate of drug-likeness (QED) is 0.927. The SMILES string of the molecule is Cc1ccc(F)c(OCC(=O)N2CCc3ccc(C(=O)O)cc3C2)c1. The monoisotopic (exact) mass is 343 g/mol. The van der Waals surface area contributed by atoms with Gasteiger partial charge in [0, 0.05) is 13.1 Å². The van der Waals surface area contributed by atoms with Gasteiger partial charge in [-0.2, -0.15) is 0 Å². The summed E-state index contributed by atoms with van der Waals surface area (Å²) in [6, 6.07) is 9.44. The first-order valence-corrected chi connectivity index (χ1v) is 7.96. The number of benzene rings is 2. The van der Waals surface area contributed by atoms with Gasteiger partial charge in [0.2, 0.25) is 0 Å². The Labute approximate surface area is 144 Å². The molecule has 0 saturated heterocycles. The summed E-state index contributed by atoms with van der Waals surface area (Å²) in [4.78, 5) is 25.0. The number of carboxylic acid groups (broad SMARTS) is 1. The largest absolute Gasteiger partial charge is 0.481 e. The molecule has 0 radical (unpaired) electrons. The van der Waals surface area contributed by atoms with Gasteiger partial charge in [0.1, 0.15) is 0 Å². The summed E-state index contributed by atoms with van der Waals surface area (Å²) >= 11 is 0. The van der Waals surface area contributed by atoms with Crippen LogP contribution in [-0.4, -0.2) is 35.0 Å². The molecule has 6 heteroatoms. The third kappa shape index (κ3) is 3.79. The number of nitrogens with zero attached hydrogens (tertiary/aromatic N) is 1. The molecule has 0 fully saturated rings. The number of carbonyl (C=O) groups is 2. The molecule has 0 spiro atoms. The maximum atomic E-state index is 13.7. The van der Waals surface area contributed by atoms with E-state index in [1.54, 1.807) is 35.2 Å². The van der Waals surface area contributed by atoms with Crippen LogP contribution in [0.5, 0.6) is 5.75 Å². The number of carbonyl (C=O) groups excluding carboxylic acids is 1. The maximum Gasteiger partial charge on any atom is 0.335 e. The highest BCUT2D eigenvalue weighted by molar-refractivity contribution is 5.88. The van der Waals surface area contributed by atoms with Crippen molar-refractivity contribution in [2.45, 2.75) is 19.9 Å². The first kappa shape index (κ1) is 17.0. The van der Waals surface area contributed by atoms with Gasteiger partial charge in [0.25, 0.3) is 5.91 Å². The van der Waals surface area contributed by atoms with Crippen molar-refractivity contribution in [3.8, 4) is 5.75 Å². The minimum absolute atomic E-state index is 0.0546. The molecular formula is C19H18FNO4. The second-order valence-electron chi connectivity index (χ2n) is 6.08. The van der Waals surface area contributed by atoms with Crippen LogP contribution in [0.4, 0.5) is 4.39 Å². The highest BCUT2D eigenvalue weighted by atomic mass is 19.1. The van der Waals surface area contributed by atoms with Gasteiger partial charge in [-0.1, -0.05) is 12.1 Å². The van der Waals surface area contributed by atoms with Crippen LogP contribution in [0.15, 0.2) is 36.4 Å². The number of halogens is 1. The van der Waals surface area contributed by atoms with Crippen molar-refractivity contribution in [2.75, 3.05) is 13.2 Å². The van der Waals surface area contributed by atoms with E-state index in [1.165, 1.54) is 6.07 Å². The van der Waals surface area contributed by atoms with E-state index in [1.807, 2.05) is 6.92 Å². The second-order valence-corrected chi connectivity index (χ2v) is 6.08. The summed E-state index contributed by atoms with van der Waals surface area (Å²) < 4.78 is 19.0. The molecule has 1 aliphatic heterocycles. The number of aryl methyl sites for hydroxylation is 1. The normalized spacial score (nSPS) is 13.3. The van der Waals surface area contributed by atoms with E-state index in [4.69, 9.17) is 9.84 Å². The van der Waals surface area contributed by atoms with Gasteiger partial charge in [0.15, 0.2) is 18.2 Å². The zero-order valence-corrected chi connectivity index (χ0v) is 13.8. The Morgan fingerprint density at radius 2 is 2.00 bits per heavy atom. The maximum absolute atomic E-state index is 13.7. The molecule has 1 N–H and O–H groups in total. The Bertz CT molecular complexity index is 834. The van der Waals surface area contributed by atoms with Crippen molar-refractivity contribution < 1.29 is 23.8 Å². The van der Waals surface area contributed by atoms with Crippen LogP contribution < -0.4 is 4.74 Å². The average molecular weight is 343 g/mol. The number of aromatic carboxylic acids is 1. The number of amides is 1. The number of hydrogen-bond acceptors (Lipinski definition) is 3. The highest BCUT2D eigenvalue weighted by Gasteiger charge is 2.22. The minimum Gasteiger partial charge on any atom is -0.481 e. The lowest BCUT2D eigenvalue weighted by molar-refractivity contribution is -0.134. The summed E-state index contributed by atoms with van der Waals surface area (Å²) in [5, 5.41) is 9.08. The molecule has 0 aliphatic carbocycles. The minimum atomic E-state index is -0.996. The van der Waals surface area contributed by atoms with E-state index in [2.05, 4.69) is 0 Å². The first-order chi connectivity index (χ1) is 11.9. The van der Waals surface area contributed by atoms with Crippen LogP contribution in [-0.2, 0) is 17.8 Å². The molecule has 0 saturated carbocycles. The van der Waals surface area contributed by atoms with Crippen molar-refractivity contribution in [1.82, 2.24) is 4.90 Å². The molecule has 0 bridgehead atoms. The van der Waals surface area contributed by atoms with Crippen LogP contribution in [0.25, 0.3) is 0 Å². The van der Waals surface area contributed by atoms with Crippen molar-refractivity contribution >= 4 is 11.9 Å². The number of rotatable bonds is 4. The fourth-order valence-corrected chi connectivity index (χ4v) is 2.85. The summed E-state index contributed by atoms with van der Waals surface area (Å²) in [7, 11) is 0. The number of fused-ring (bicyclic) bond motifs is 1. The zero-order chi connectivity index (χ0) is 18.0. The lowest BCUT2D eigenvalue weighted by atomic mass is 9.97. The third-order valence-electron chi connectivity index (χ3n) is 4.26. The predicted molar refractivity (Wildman–Crippen MR) is 89.2 cm³/mol.